The summed E-state index contributed by atoms with van der Waals surface area (Å²) in [5.74, 6) is 0.527. The van der Waals surface area contributed by atoms with Crippen LogP contribution in [0.2, 0.25) is 10.0 Å². The van der Waals surface area contributed by atoms with Crippen molar-refractivity contribution in [3.63, 3.8) is 0 Å². The first-order valence-corrected chi connectivity index (χ1v) is 10.8. The van der Waals surface area contributed by atoms with Gasteiger partial charge in [0.2, 0.25) is 11.1 Å². The third kappa shape index (κ3) is 4.42. The van der Waals surface area contributed by atoms with E-state index in [1.807, 2.05) is 33.1 Å². The molecule has 2 heterocycles. The first kappa shape index (κ1) is 20.9. The van der Waals surface area contributed by atoms with Gasteiger partial charge < -0.3 is 5.32 Å². The van der Waals surface area contributed by atoms with Gasteiger partial charge >= 0.3 is 0 Å². The number of thioether (sulfide) groups is 1. The summed E-state index contributed by atoms with van der Waals surface area (Å²) < 4.78 is 1.74. The summed E-state index contributed by atoms with van der Waals surface area (Å²) in [6, 6.07) is 5.06. The molecule has 0 bridgehead atoms. The number of hydrogen-bond donors (Lipinski definition) is 1. The maximum Gasteiger partial charge on any atom is 0.253 e. The van der Waals surface area contributed by atoms with Crippen LogP contribution in [0.15, 0.2) is 23.4 Å². The molecule has 2 aromatic heterocycles. The van der Waals surface area contributed by atoms with Gasteiger partial charge in [-0.05, 0) is 56.7 Å². The Hall–Kier alpha value is -1.83. The molecule has 0 saturated carbocycles. The Morgan fingerprint density at radius 1 is 1.29 bits per heavy atom. The van der Waals surface area contributed by atoms with E-state index in [1.165, 1.54) is 11.8 Å². The molecule has 6 nitrogen and oxygen atoms in total. The van der Waals surface area contributed by atoms with Gasteiger partial charge in [0, 0.05) is 27.9 Å². The highest BCUT2D eigenvalue weighted by Gasteiger charge is 2.16. The average Bonchev–Trinajstić information content (AvgIpc) is 3.04. The van der Waals surface area contributed by atoms with Crippen LogP contribution in [0.25, 0.3) is 5.78 Å². The monoisotopic (exact) mass is 437 g/mol. The van der Waals surface area contributed by atoms with Crippen LogP contribution in [0, 0.1) is 13.8 Å². The molecule has 0 fully saturated rings. The molecule has 1 unspecified atom stereocenters. The van der Waals surface area contributed by atoms with Gasteiger partial charge in [-0.25, -0.2) is 9.50 Å². The topological polar surface area (TPSA) is 72.2 Å². The average molecular weight is 438 g/mol. The van der Waals surface area contributed by atoms with Crippen molar-refractivity contribution >= 4 is 46.6 Å². The smallest absolute Gasteiger partial charge is 0.253 e. The number of halogens is 2. The minimum Gasteiger partial charge on any atom is -0.350 e. The van der Waals surface area contributed by atoms with Crippen LogP contribution in [-0.2, 0) is 11.2 Å². The zero-order chi connectivity index (χ0) is 20.4. The Labute approximate surface area is 178 Å². The third-order valence-electron chi connectivity index (χ3n) is 4.62. The number of benzene rings is 1. The van der Waals surface area contributed by atoms with Gasteiger partial charge in [0.05, 0.1) is 6.04 Å². The van der Waals surface area contributed by atoms with Crippen LogP contribution in [0.4, 0.5) is 0 Å². The molecule has 0 aliphatic heterocycles. The van der Waals surface area contributed by atoms with E-state index in [2.05, 4.69) is 20.4 Å². The number of carbonyl (C=O) groups is 1. The molecular weight excluding hydrogens is 417 g/mol. The fraction of sp³-hybridized carbons (Fsp3) is 0.368. The Morgan fingerprint density at radius 3 is 2.71 bits per heavy atom. The maximum atomic E-state index is 12.5. The summed E-state index contributed by atoms with van der Waals surface area (Å²) in [6.45, 7) is 5.81. The minimum atomic E-state index is -0.209. The van der Waals surface area contributed by atoms with Crippen LogP contribution in [0.5, 0.6) is 0 Å². The fourth-order valence-electron chi connectivity index (χ4n) is 3.12. The molecule has 3 aromatic rings. The number of amides is 1. The Bertz CT molecular complexity index is 1040. The van der Waals surface area contributed by atoms with Gasteiger partial charge in [-0.2, -0.15) is 4.98 Å². The molecule has 1 atom stereocenters. The van der Waals surface area contributed by atoms with Crippen LogP contribution < -0.4 is 5.32 Å². The normalized spacial score (nSPS) is 12.4. The van der Waals surface area contributed by atoms with Crippen molar-refractivity contribution in [3.05, 3.63) is 50.8 Å². The van der Waals surface area contributed by atoms with Crippen molar-refractivity contribution in [3.8, 4) is 0 Å². The van der Waals surface area contributed by atoms with Gasteiger partial charge in [-0.1, -0.05) is 41.0 Å². The van der Waals surface area contributed by atoms with Crippen molar-refractivity contribution in [1.29, 1.82) is 0 Å². The molecule has 9 heteroatoms. The highest BCUT2D eigenvalue weighted by molar-refractivity contribution is 7.98. The van der Waals surface area contributed by atoms with E-state index >= 15 is 0 Å². The van der Waals surface area contributed by atoms with Crippen LogP contribution in [0.3, 0.4) is 0 Å². The van der Waals surface area contributed by atoms with E-state index in [4.69, 9.17) is 23.2 Å². The van der Waals surface area contributed by atoms with Crippen molar-refractivity contribution in [2.45, 2.75) is 44.8 Å². The van der Waals surface area contributed by atoms with E-state index in [0.29, 0.717) is 33.8 Å². The van der Waals surface area contributed by atoms with E-state index < -0.39 is 0 Å². The van der Waals surface area contributed by atoms with Crippen LogP contribution in [-0.4, -0.2) is 31.7 Å². The number of rotatable bonds is 6. The van der Waals surface area contributed by atoms with Crippen LogP contribution in [0.1, 0.15) is 41.9 Å². The van der Waals surface area contributed by atoms with Crippen molar-refractivity contribution < 1.29 is 4.79 Å². The Kier molecular flexibility index (Phi) is 6.47. The predicted molar refractivity (Wildman–Crippen MR) is 113 cm³/mol. The highest BCUT2D eigenvalue weighted by atomic mass is 35.5. The molecular formula is C19H21Cl2N5OS. The third-order valence-corrected chi connectivity index (χ3v) is 5.72. The lowest BCUT2D eigenvalue weighted by molar-refractivity contribution is -0.121. The number of nitrogens with zero attached hydrogens (tertiary/aromatic N) is 4. The molecule has 3 rings (SSSR count). The van der Waals surface area contributed by atoms with Gasteiger partial charge in [0.25, 0.3) is 5.78 Å². The number of carbonyl (C=O) groups excluding carboxylic acids is 1. The number of fused-ring (bicyclic) bond motifs is 1. The largest absolute Gasteiger partial charge is 0.350 e. The molecule has 28 heavy (non-hydrogen) atoms. The van der Waals surface area contributed by atoms with Crippen molar-refractivity contribution in [2.75, 3.05) is 6.26 Å². The summed E-state index contributed by atoms with van der Waals surface area (Å²) >= 11 is 13.6. The van der Waals surface area contributed by atoms with Gasteiger partial charge in [-0.3, -0.25) is 4.79 Å². The molecule has 0 saturated heterocycles. The molecule has 1 amide bonds. The van der Waals surface area contributed by atoms with E-state index in [-0.39, 0.29) is 11.9 Å². The first-order valence-electron chi connectivity index (χ1n) is 8.81. The zero-order valence-electron chi connectivity index (χ0n) is 16.1. The summed E-state index contributed by atoms with van der Waals surface area (Å²) in [5, 5.41) is 9.22. The lowest BCUT2D eigenvalue weighted by Gasteiger charge is -2.16. The van der Waals surface area contributed by atoms with Gasteiger partial charge in [-0.15, -0.1) is 5.10 Å². The highest BCUT2D eigenvalue weighted by Crippen LogP contribution is 2.26. The van der Waals surface area contributed by atoms with E-state index in [1.54, 1.807) is 16.6 Å². The van der Waals surface area contributed by atoms with Crippen LogP contribution >= 0.6 is 35.0 Å². The molecule has 0 radical (unpaired) electrons. The van der Waals surface area contributed by atoms with Gasteiger partial charge in [0.15, 0.2) is 0 Å². The molecule has 0 aliphatic carbocycles. The first-order chi connectivity index (χ1) is 13.3. The van der Waals surface area contributed by atoms with E-state index in [9.17, 15) is 4.79 Å². The zero-order valence-corrected chi connectivity index (χ0v) is 18.4. The lowest BCUT2D eigenvalue weighted by Crippen LogP contribution is -2.27. The SMILES string of the molecule is CSc1nc2nc(C)c(CCC(=O)NC(C)c3ccc(Cl)cc3Cl)c(C)n2n1. The maximum absolute atomic E-state index is 12.5. The van der Waals surface area contributed by atoms with Crippen molar-refractivity contribution in [1.82, 2.24) is 24.9 Å². The predicted octanol–water partition coefficient (Wildman–Crippen LogP) is 4.58. The molecule has 0 aliphatic rings. The summed E-state index contributed by atoms with van der Waals surface area (Å²) in [5.41, 5.74) is 3.67. The second-order valence-electron chi connectivity index (χ2n) is 6.53. The molecule has 1 aromatic carbocycles. The quantitative estimate of drug-likeness (QED) is 0.571. The second-order valence-corrected chi connectivity index (χ2v) is 8.14. The summed E-state index contributed by atoms with van der Waals surface area (Å²) in [6.07, 6.45) is 2.84. The molecule has 1 N–H and O–H groups in total. The second kappa shape index (κ2) is 8.68. The summed E-state index contributed by atoms with van der Waals surface area (Å²) in [7, 11) is 0. The standard InChI is InChI=1S/C19H21Cl2N5OS/c1-10-14(12(3)26-18(23-10)24-19(25-26)28-4)7-8-17(27)22-11(2)15-6-5-13(20)9-16(15)21/h5-6,9,11H,7-8H2,1-4H3,(H,22,27). The lowest BCUT2D eigenvalue weighted by atomic mass is 10.1. The Balaban J connectivity index is 1.70. The minimum absolute atomic E-state index is 0.0548. The number of nitrogens with one attached hydrogen (secondary N) is 1. The number of aryl methyl sites for hydroxylation is 2. The number of aromatic nitrogens is 4. The van der Waals surface area contributed by atoms with Gasteiger partial charge in [0.1, 0.15) is 0 Å². The fourth-order valence-corrected chi connectivity index (χ4v) is 4.03. The number of hydrogen-bond acceptors (Lipinski definition) is 5. The van der Waals surface area contributed by atoms with E-state index in [0.717, 1.165) is 22.5 Å². The molecule has 148 valence electrons. The summed E-state index contributed by atoms with van der Waals surface area (Å²) in [4.78, 5) is 21.4. The van der Waals surface area contributed by atoms with Crippen molar-refractivity contribution in [2.24, 2.45) is 0 Å². The molecule has 0 spiro atoms. The Morgan fingerprint density at radius 2 is 2.04 bits per heavy atom.